The Bertz CT molecular complexity index is 813. The standard InChI is InChI=1S/C19H25N5O5/c1-19(2,3)29-18(28)23-8-9-24(16(25)12-23)15-6-4-13(5-7-15)21-11-14(22-20)10-17(26)27/h4-7,11,20-21H,8-10,12H2,1-3H3,(H,26,27)/b14-11-,22-20?. The maximum Gasteiger partial charge on any atom is 0.410 e. The highest BCUT2D eigenvalue weighted by molar-refractivity contribution is 5.97. The number of carbonyl (C=O) groups excluding carboxylic acids is 2. The Morgan fingerprint density at radius 1 is 1.28 bits per heavy atom. The van der Waals surface area contributed by atoms with Gasteiger partial charge in [0.2, 0.25) is 5.91 Å². The monoisotopic (exact) mass is 403 g/mol. The molecule has 1 aliphatic heterocycles. The van der Waals surface area contributed by atoms with E-state index in [1.54, 1.807) is 49.9 Å². The first-order valence-electron chi connectivity index (χ1n) is 9.02. The van der Waals surface area contributed by atoms with E-state index in [1.165, 1.54) is 11.1 Å². The van der Waals surface area contributed by atoms with Gasteiger partial charge in [0.1, 0.15) is 12.1 Å². The first-order chi connectivity index (χ1) is 13.6. The van der Waals surface area contributed by atoms with Crippen molar-refractivity contribution in [1.29, 1.82) is 5.53 Å². The van der Waals surface area contributed by atoms with Crippen LogP contribution in [0.1, 0.15) is 27.2 Å². The van der Waals surface area contributed by atoms with Crippen molar-refractivity contribution >= 4 is 29.3 Å². The summed E-state index contributed by atoms with van der Waals surface area (Å²) in [5.41, 5.74) is 7.77. The van der Waals surface area contributed by atoms with E-state index >= 15 is 0 Å². The van der Waals surface area contributed by atoms with Gasteiger partial charge in [0.05, 0.1) is 12.1 Å². The first kappa shape index (κ1) is 21.9. The maximum atomic E-state index is 12.5. The molecule has 1 aromatic carbocycles. The summed E-state index contributed by atoms with van der Waals surface area (Å²) in [7, 11) is 0. The molecule has 0 saturated carbocycles. The molecular formula is C19H25N5O5. The molecule has 3 N–H and O–H groups in total. The Morgan fingerprint density at radius 2 is 1.93 bits per heavy atom. The molecular weight excluding hydrogens is 378 g/mol. The minimum atomic E-state index is -1.08. The summed E-state index contributed by atoms with van der Waals surface area (Å²) in [5, 5.41) is 14.8. The van der Waals surface area contributed by atoms with Crippen molar-refractivity contribution in [2.75, 3.05) is 29.9 Å². The Balaban J connectivity index is 1.98. The van der Waals surface area contributed by atoms with Gasteiger partial charge >= 0.3 is 12.1 Å². The van der Waals surface area contributed by atoms with Crippen LogP contribution >= 0.6 is 0 Å². The number of rotatable bonds is 6. The molecule has 0 bridgehead atoms. The van der Waals surface area contributed by atoms with Crippen LogP contribution in [0.4, 0.5) is 16.2 Å². The number of carbonyl (C=O) groups is 3. The van der Waals surface area contributed by atoms with Crippen molar-refractivity contribution in [3.63, 3.8) is 0 Å². The van der Waals surface area contributed by atoms with E-state index in [4.69, 9.17) is 15.4 Å². The van der Waals surface area contributed by atoms with E-state index in [0.29, 0.717) is 24.5 Å². The summed E-state index contributed by atoms with van der Waals surface area (Å²) in [6, 6.07) is 6.93. The summed E-state index contributed by atoms with van der Waals surface area (Å²) in [4.78, 5) is 38.3. The maximum absolute atomic E-state index is 12.5. The zero-order valence-electron chi connectivity index (χ0n) is 16.6. The van der Waals surface area contributed by atoms with E-state index in [-0.39, 0.29) is 24.6 Å². The minimum absolute atomic E-state index is 0.0544. The lowest BCUT2D eigenvalue weighted by Gasteiger charge is -2.35. The molecule has 2 rings (SSSR count). The van der Waals surface area contributed by atoms with Crippen molar-refractivity contribution in [1.82, 2.24) is 4.90 Å². The first-order valence-corrected chi connectivity index (χ1v) is 9.02. The van der Waals surface area contributed by atoms with Crippen LogP contribution in [0, 0.1) is 5.53 Å². The second kappa shape index (κ2) is 9.18. The normalized spacial score (nSPS) is 15.1. The van der Waals surface area contributed by atoms with Gasteiger partial charge in [0, 0.05) is 30.7 Å². The Morgan fingerprint density at radius 3 is 2.45 bits per heavy atom. The van der Waals surface area contributed by atoms with Crippen LogP contribution in [-0.4, -0.2) is 53.2 Å². The van der Waals surface area contributed by atoms with Gasteiger partial charge in [-0.15, -0.1) is 0 Å². The number of piperazine rings is 1. The van der Waals surface area contributed by atoms with E-state index in [2.05, 4.69) is 10.4 Å². The molecule has 1 aliphatic rings. The minimum Gasteiger partial charge on any atom is -0.481 e. The molecule has 10 heteroatoms. The zero-order valence-corrected chi connectivity index (χ0v) is 16.6. The average Bonchev–Trinajstić information content (AvgIpc) is 2.64. The van der Waals surface area contributed by atoms with Crippen LogP contribution in [-0.2, 0) is 14.3 Å². The largest absolute Gasteiger partial charge is 0.481 e. The Labute approximate surface area is 168 Å². The van der Waals surface area contributed by atoms with Gasteiger partial charge in [-0.3, -0.25) is 14.5 Å². The SMILES string of the molecule is CC(C)(C)OC(=O)N1CCN(c2ccc(N/C=C(/CC(=O)O)N=N)cc2)C(=O)C1. The lowest BCUT2D eigenvalue weighted by molar-refractivity contribution is -0.136. The lowest BCUT2D eigenvalue weighted by atomic mass is 10.2. The molecule has 1 fully saturated rings. The van der Waals surface area contributed by atoms with E-state index < -0.39 is 17.7 Å². The van der Waals surface area contributed by atoms with Gasteiger partial charge in [-0.25, -0.2) is 10.3 Å². The lowest BCUT2D eigenvalue weighted by Crippen LogP contribution is -2.53. The topological polar surface area (TPSA) is 135 Å². The third kappa shape index (κ3) is 6.59. The zero-order chi connectivity index (χ0) is 21.6. The summed E-state index contributed by atoms with van der Waals surface area (Å²) in [6.07, 6.45) is 0.486. The third-order valence-corrected chi connectivity index (χ3v) is 3.93. The quantitative estimate of drug-likeness (QED) is 0.625. The number of nitrogens with zero attached hydrogens (tertiary/aromatic N) is 3. The molecule has 0 unspecified atom stereocenters. The fourth-order valence-electron chi connectivity index (χ4n) is 2.61. The summed E-state index contributed by atoms with van der Waals surface area (Å²) in [6.45, 7) is 5.99. The van der Waals surface area contributed by atoms with Crippen LogP contribution in [0.25, 0.3) is 0 Å². The van der Waals surface area contributed by atoms with Crippen molar-refractivity contribution in [2.45, 2.75) is 32.8 Å². The van der Waals surface area contributed by atoms with Gasteiger partial charge < -0.3 is 20.1 Å². The average molecular weight is 403 g/mol. The highest BCUT2D eigenvalue weighted by atomic mass is 16.6. The van der Waals surface area contributed by atoms with Gasteiger partial charge in [0.25, 0.3) is 0 Å². The number of aliphatic carboxylic acids is 1. The summed E-state index contributed by atoms with van der Waals surface area (Å²) in [5.74, 6) is -1.28. The third-order valence-electron chi connectivity index (χ3n) is 3.93. The van der Waals surface area contributed by atoms with Gasteiger partial charge in [-0.2, -0.15) is 5.11 Å². The molecule has 29 heavy (non-hydrogen) atoms. The van der Waals surface area contributed by atoms with E-state index in [0.717, 1.165) is 0 Å². The van der Waals surface area contributed by atoms with Crippen molar-refractivity contribution in [3.8, 4) is 0 Å². The number of carboxylic acid groups (broad SMARTS) is 1. The molecule has 0 aromatic heterocycles. The fourth-order valence-corrected chi connectivity index (χ4v) is 2.61. The second-order valence-corrected chi connectivity index (χ2v) is 7.46. The molecule has 0 atom stereocenters. The predicted molar refractivity (Wildman–Crippen MR) is 106 cm³/mol. The number of nitrogens with one attached hydrogen (secondary N) is 2. The van der Waals surface area contributed by atoms with Crippen LogP contribution in [0.15, 0.2) is 41.3 Å². The number of anilines is 2. The smallest absolute Gasteiger partial charge is 0.410 e. The predicted octanol–water partition coefficient (Wildman–Crippen LogP) is 3.03. The van der Waals surface area contributed by atoms with Gasteiger partial charge in [-0.05, 0) is 45.0 Å². The molecule has 156 valence electrons. The van der Waals surface area contributed by atoms with Crippen molar-refractivity contribution in [3.05, 3.63) is 36.2 Å². The van der Waals surface area contributed by atoms with Gasteiger partial charge in [-0.1, -0.05) is 0 Å². The Hall–Kier alpha value is -3.43. The van der Waals surface area contributed by atoms with Crippen molar-refractivity contribution < 1.29 is 24.2 Å². The summed E-state index contributed by atoms with van der Waals surface area (Å²) >= 11 is 0. The van der Waals surface area contributed by atoms with Crippen molar-refractivity contribution in [2.24, 2.45) is 5.11 Å². The molecule has 0 spiro atoms. The number of ether oxygens (including phenoxy) is 1. The molecule has 0 aliphatic carbocycles. The molecule has 1 heterocycles. The second-order valence-electron chi connectivity index (χ2n) is 7.46. The number of hydrogen-bond acceptors (Lipinski definition) is 7. The van der Waals surface area contributed by atoms with Crippen LogP contribution in [0.3, 0.4) is 0 Å². The highest BCUT2D eigenvalue weighted by Crippen LogP contribution is 2.21. The summed E-state index contributed by atoms with van der Waals surface area (Å²) < 4.78 is 5.31. The van der Waals surface area contributed by atoms with Crippen LogP contribution in [0.5, 0.6) is 0 Å². The fraction of sp³-hybridized carbons (Fsp3) is 0.421. The molecule has 1 aromatic rings. The van der Waals surface area contributed by atoms with E-state index in [1.807, 2.05) is 0 Å². The number of carboxylic acids is 1. The number of benzene rings is 1. The van der Waals surface area contributed by atoms with Gasteiger partial charge in [0.15, 0.2) is 0 Å². The molecule has 2 amide bonds. The number of amides is 2. The van der Waals surface area contributed by atoms with Crippen LogP contribution in [0.2, 0.25) is 0 Å². The number of hydrogen-bond donors (Lipinski definition) is 3. The molecule has 0 radical (unpaired) electrons. The molecule has 1 saturated heterocycles. The molecule has 10 nitrogen and oxygen atoms in total. The van der Waals surface area contributed by atoms with Crippen LogP contribution < -0.4 is 10.2 Å². The Kier molecular flexibility index (Phi) is 6.92. The highest BCUT2D eigenvalue weighted by Gasteiger charge is 2.30. The van der Waals surface area contributed by atoms with E-state index in [9.17, 15) is 14.4 Å².